The molecule has 0 amide bonds. The summed E-state index contributed by atoms with van der Waals surface area (Å²) in [5.41, 5.74) is 2.74. The van der Waals surface area contributed by atoms with Crippen molar-refractivity contribution in [3.63, 3.8) is 0 Å². The molecule has 0 aliphatic heterocycles. The molecule has 0 aliphatic rings. The smallest absolute Gasteiger partial charge is 0.0377 e. The van der Waals surface area contributed by atoms with Crippen LogP contribution in [0.4, 0.5) is 0 Å². The normalized spacial score (nSPS) is 13.1. The number of rotatable bonds is 1. The van der Waals surface area contributed by atoms with Crippen LogP contribution in [0.25, 0.3) is 0 Å². The molecule has 0 bridgehead atoms. The van der Waals surface area contributed by atoms with Crippen molar-refractivity contribution < 1.29 is 0 Å². The minimum atomic E-state index is 0.453. The predicted molar refractivity (Wildman–Crippen MR) is 61.2 cm³/mol. The highest BCUT2D eigenvalue weighted by Crippen LogP contribution is 2.27. The maximum Gasteiger partial charge on any atom is 0.0377 e. The Labute approximate surface area is 89.7 Å². The van der Waals surface area contributed by atoms with Crippen molar-refractivity contribution >= 4 is 38.5 Å². The van der Waals surface area contributed by atoms with Gasteiger partial charge in [0.2, 0.25) is 0 Å². The molecule has 11 heavy (non-hydrogen) atoms. The van der Waals surface area contributed by atoms with Crippen LogP contribution in [-0.2, 0) is 0 Å². The van der Waals surface area contributed by atoms with E-state index in [1.165, 1.54) is 14.7 Å². The van der Waals surface area contributed by atoms with Gasteiger partial charge in [-0.25, -0.2) is 0 Å². The van der Waals surface area contributed by atoms with E-state index in [4.69, 9.17) is 0 Å². The van der Waals surface area contributed by atoms with Crippen LogP contribution in [0.15, 0.2) is 18.2 Å². The molecule has 1 aromatic carbocycles. The van der Waals surface area contributed by atoms with Gasteiger partial charge in [0.1, 0.15) is 0 Å². The molecule has 0 spiro atoms. The highest BCUT2D eigenvalue weighted by Gasteiger charge is 2.05. The van der Waals surface area contributed by atoms with Crippen molar-refractivity contribution in [3.8, 4) is 0 Å². The van der Waals surface area contributed by atoms with Crippen molar-refractivity contribution in [2.24, 2.45) is 0 Å². The summed E-state index contributed by atoms with van der Waals surface area (Å²) in [5, 5.41) is 0. The van der Waals surface area contributed by atoms with Crippen molar-refractivity contribution in [1.29, 1.82) is 0 Å². The molecule has 0 nitrogen and oxygen atoms in total. The lowest BCUT2D eigenvalue weighted by atomic mass is 10.1. The Morgan fingerprint density at radius 3 is 2.55 bits per heavy atom. The first kappa shape index (κ1) is 9.52. The molecule has 1 atom stereocenters. The zero-order chi connectivity index (χ0) is 8.43. The van der Waals surface area contributed by atoms with E-state index in [9.17, 15) is 0 Å². The standard InChI is InChI=1S/C9H10BrI/c1-6-4-3-5-8(7(2)10)9(6)11/h3-5,7H,1-2H3. The van der Waals surface area contributed by atoms with Crippen molar-refractivity contribution in [1.82, 2.24) is 0 Å². The third kappa shape index (κ3) is 2.18. The summed E-state index contributed by atoms with van der Waals surface area (Å²) in [6, 6.07) is 6.40. The summed E-state index contributed by atoms with van der Waals surface area (Å²) in [6.07, 6.45) is 0. The van der Waals surface area contributed by atoms with Gasteiger partial charge in [0.05, 0.1) is 0 Å². The molecule has 1 rings (SSSR count). The quantitative estimate of drug-likeness (QED) is 0.540. The van der Waals surface area contributed by atoms with Gasteiger partial charge < -0.3 is 0 Å². The summed E-state index contributed by atoms with van der Waals surface area (Å²) >= 11 is 5.95. The molecule has 60 valence electrons. The van der Waals surface area contributed by atoms with E-state index in [0.717, 1.165) is 0 Å². The maximum absolute atomic E-state index is 3.56. The van der Waals surface area contributed by atoms with Crippen molar-refractivity contribution in [3.05, 3.63) is 32.9 Å². The highest BCUT2D eigenvalue weighted by atomic mass is 127. The summed E-state index contributed by atoms with van der Waals surface area (Å²) < 4.78 is 1.37. The van der Waals surface area contributed by atoms with E-state index < -0.39 is 0 Å². The van der Waals surface area contributed by atoms with Crippen LogP contribution in [0.5, 0.6) is 0 Å². The molecule has 0 radical (unpaired) electrons. The van der Waals surface area contributed by atoms with Crippen molar-refractivity contribution in [2.45, 2.75) is 18.7 Å². The third-order valence-electron chi connectivity index (χ3n) is 1.65. The SMILES string of the molecule is Cc1cccc(C(C)Br)c1I. The van der Waals surface area contributed by atoms with E-state index in [0.29, 0.717) is 4.83 Å². The van der Waals surface area contributed by atoms with Gasteiger partial charge >= 0.3 is 0 Å². The van der Waals surface area contributed by atoms with Crippen molar-refractivity contribution in [2.75, 3.05) is 0 Å². The van der Waals surface area contributed by atoms with Gasteiger partial charge in [0.15, 0.2) is 0 Å². The van der Waals surface area contributed by atoms with E-state index in [1.54, 1.807) is 0 Å². The molecule has 0 fully saturated rings. The largest absolute Gasteiger partial charge is 0.0841 e. The first-order chi connectivity index (χ1) is 5.13. The van der Waals surface area contributed by atoms with Crippen LogP contribution < -0.4 is 0 Å². The number of hydrogen-bond acceptors (Lipinski definition) is 0. The molecular formula is C9H10BrI. The molecule has 0 heterocycles. The van der Waals surface area contributed by atoms with Crippen LogP contribution in [0.3, 0.4) is 0 Å². The number of aryl methyl sites for hydroxylation is 1. The van der Waals surface area contributed by atoms with Gasteiger partial charge in [-0.15, -0.1) is 0 Å². The summed E-state index contributed by atoms with van der Waals surface area (Å²) in [6.45, 7) is 4.29. The van der Waals surface area contributed by atoms with Crippen LogP contribution >= 0.6 is 38.5 Å². The highest BCUT2D eigenvalue weighted by molar-refractivity contribution is 14.1. The second-order valence-electron chi connectivity index (χ2n) is 2.59. The second-order valence-corrected chi connectivity index (χ2v) is 5.05. The van der Waals surface area contributed by atoms with Crippen LogP contribution in [0, 0.1) is 10.5 Å². The second kappa shape index (κ2) is 3.90. The van der Waals surface area contributed by atoms with Gasteiger partial charge in [0, 0.05) is 8.40 Å². The Morgan fingerprint density at radius 1 is 1.45 bits per heavy atom. The minimum absolute atomic E-state index is 0.453. The van der Waals surface area contributed by atoms with Gasteiger partial charge in [0.25, 0.3) is 0 Å². The van der Waals surface area contributed by atoms with Crippen LogP contribution in [0.2, 0.25) is 0 Å². The van der Waals surface area contributed by atoms with Gasteiger partial charge in [-0.05, 0) is 47.6 Å². The molecular weight excluding hydrogens is 315 g/mol. The minimum Gasteiger partial charge on any atom is -0.0841 e. The Bertz CT molecular complexity index is 256. The first-order valence-electron chi connectivity index (χ1n) is 3.52. The molecule has 0 aromatic heterocycles. The van der Waals surface area contributed by atoms with E-state index >= 15 is 0 Å². The van der Waals surface area contributed by atoms with Crippen LogP contribution in [0.1, 0.15) is 22.9 Å². The Hall–Kier alpha value is 0.430. The lowest BCUT2D eigenvalue weighted by molar-refractivity contribution is 1.10. The third-order valence-corrected chi connectivity index (χ3v) is 3.62. The molecule has 0 aliphatic carbocycles. The lowest BCUT2D eigenvalue weighted by Gasteiger charge is -2.08. The molecule has 0 saturated heterocycles. The van der Waals surface area contributed by atoms with E-state index in [-0.39, 0.29) is 0 Å². The average Bonchev–Trinajstić information content (AvgIpc) is 1.94. The zero-order valence-electron chi connectivity index (χ0n) is 6.57. The van der Waals surface area contributed by atoms with E-state index in [1.807, 2.05) is 0 Å². The molecule has 1 unspecified atom stereocenters. The Kier molecular flexibility index (Phi) is 3.37. The fourth-order valence-electron chi connectivity index (χ4n) is 0.977. The predicted octanol–water partition coefficient (Wildman–Crippen LogP) is 4.06. The lowest BCUT2D eigenvalue weighted by Crippen LogP contribution is -1.90. The topological polar surface area (TPSA) is 0 Å². The summed E-state index contributed by atoms with van der Waals surface area (Å²) in [4.78, 5) is 0.453. The molecule has 2 heteroatoms. The number of benzene rings is 1. The fourth-order valence-corrected chi connectivity index (χ4v) is 2.61. The average molecular weight is 325 g/mol. The molecule has 1 aromatic rings. The number of halogens is 2. The Morgan fingerprint density at radius 2 is 2.09 bits per heavy atom. The number of hydrogen-bond donors (Lipinski definition) is 0. The maximum atomic E-state index is 3.56. The van der Waals surface area contributed by atoms with E-state index in [2.05, 4.69) is 70.6 Å². The summed E-state index contributed by atoms with van der Waals surface area (Å²) in [5.74, 6) is 0. The van der Waals surface area contributed by atoms with Gasteiger partial charge in [-0.3, -0.25) is 0 Å². The van der Waals surface area contributed by atoms with Gasteiger partial charge in [-0.2, -0.15) is 0 Å². The Balaban J connectivity index is 3.17. The van der Waals surface area contributed by atoms with Gasteiger partial charge in [-0.1, -0.05) is 34.1 Å². The fraction of sp³-hybridized carbons (Fsp3) is 0.333. The zero-order valence-corrected chi connectivity index (χ0v) is 10.3. The first-order valence-corrected chi connectivity index (χ1v) is 5.51. The number of alkyl halides is 1. The monoisotopic (exact) mass is 324 g/mol. The molecule has 0 saturated carbocycles. The summed E-state index contributed by atoms with van der Waals surface area (Å²) in [7, 11) is 0. The molecule has 0 N–H and O–H groups in total. The van der Waals surface area contributed by atoms with Crippen LogP contribution in [-0.4, -0.2) is 0 Å².